The molecule has 8 nitrogen and oxygen atoms in total. The van der Waals surface area contributed by atoms with Crippen molar-refractivity contribution in [1.82, 2.24) is 25.0 Å². The molecular formula is C22H23F4N5O3. The van der Waals surface area contributed by atoms with Crippen LogP contribution in [-0.4, -0.2) is 68.7 Å². The fourth-order valence-electron chi connectivity index (χ4n) is 5.37. The average Bonchev–Trinajstić information content (AvgIpc) is 3.21. The van der Waals surface area contributed by atoms with Gasteiger partial charge in [0, 0.05) is 43.4 Å². The number of likely N-dealkylation sites (tertiary alicyclic amines) is 2. The van der Waals surface area contributed by atoms with Crippen LogP contribution in [0.3, 0.4) is 0 Å². The first-order chi connectivity index (χ1) is 16.0. The molecule has 34 heavy (non-hydrogen) atoms. The second-order valence-corrected chi connectivity index (χ2v) is 10.2. The first-order valence-corrected chi connectivity index (χ1v) is 11.3. The highest BCUT2D eigenvalue weighted by atomic mass is 19.4. The molecule has 2 saturated carbocycles. The molecule has 2 aliphatic carbocycles. The van der Waals surface area contributed by atoms with E-state index >= 15 is 0 Å². The van der Waals surface area contributed by atoms with E-state index in [1.54, 1.807) is 9.80 Å². The second kappa shape index (κ2) is 7.06. The molecule has 2 aromatic rings. The molecule has 182 valence electrons. The highest BCUT2D eigenvalue weighted by Gasteiger charge is 2.56. The van der Waals surface area contributed by atoms with Crippen LogP contribution < -0.4 is 4.74 Å². The molecule has 6 rings (SSSR count). The minimum atomic E-state index is -4.95. The zero-order valence-electron chi connectivity index (χ0n) is 18.1. The minimum absolute atomic E-state index is 0.0688. The van der Waals surface area contributed by atoms with E-state index in [1.165, 1.54) is 6.07 Å². The number of carbonyl (C=O) groups excluding carboxylic acids is 1. The van der Waals surface area contributed by atoms with E-state index in [1.807, 2.05) is 0 Å². The first-order valence-electron chi connectivity index (χ1n) is 11.3. The molecule has 12 heteroatoms. The zero-order chi connectivity index (χ0) is 23.9. The Labute approximate surface area is 191 Å². The summed E-state index contributed by atoms with van der Waals surface area (Å²) in [5.41, 5.74) is -0.207. The molecule has 1 aromatic heterocycles. The number of halogens is 4. The normalized spacial score (nSPS) is 23.3. The number of H-pyrrole nitrogens is 1. The molecule has 0 atom stereocenters. The van der Waals surface area contributed by atoms with Gasteiger partial charge >= 0.3 is 12.4 Å². The number of aromatic nitrogens is 3. The van der Waals surface area contributed by atoms with Gasteiger partial charge in [0.05, 0.1) is 0 Å². The molecule has 0 radical (unpaired) electrons. The quantitative estimate of drug-likeness (QED) is 0.654. The molecule has 3 heterocycles. The van der Waals surface area contributed by atoms with Gasteiger partial charge in [-0.1, -0.05) is 6.07 Å². The summed E-state index contributed by atoms with van der Waals surface area (Å²) in [7, 11) is 0. The number of benzene rings is 1. The standard InChI is InChI=1S/C22H23F4N5O3/c23-15-5-12(1-2-16(15)34-22(24,25)26)14-8-30(9-14)19(32)31-10-20(11-31)6-13(7-20)17-27-18(29-28-17)21(33)3-4-21/h1-2,5,13-14,33H,3-4,6-11H2,(H,27,28,29). The number of urea groups is 1. The monoisotopic (exact) mass is 481 g/mol. The van der Waals surface area contributed by atoms with Crippen LogP contribution in [0.15, 0.2) is 18.2 Å². The van der Waals surface area contributed by atoms with Gasteiger partial charge in [0.2, 0.25) is 0 Å². The lowest BCUT2D eigenvalue weighted by Crippen LogP contribution is -2.67. The van der Waals surface area contributed by atoms with Crippen LogP contribution in [0.4, 0.5) is 22.4 Å². The Balaban J connectivity index is 0.974. The van der Waals surface area contributed by atoms with Gasteiger partial charge in [-0.15, -0.1) is 13.2 Å². The van der Waals surface area contributed by atoms with Gasteiger partial charge in [-0.05, 0) is 43.4 Å². The Bertz CT molecular complexity index is 1130. The van der Waals surface area contributed by atoms with Crippen molar-refractivity contribution >= 4 is 6.03 Å². The molecule has 2 N–H and O–H groups in total. The summed E-state index contributed by atoms with van der Waals surface area (Å²) in [5.74, 6) is -0.525. The lowest BCUT2D eigenvalue weighted by molar-refractivity contribution is -0.275. The van der Waals surface area contributed by atoms with Crippen LogP contribution in [0.2, 0.25) is 0 Å². The molecular weight excluding hydrogens is 458 g/mol. The fourth-order valence-corrected chi connectivity index (χ4v) is 5.37. The Morgan fingerprint density at radius 1 is 1.15 bits per heavy atom. The largest absolute Gasteiger partial charge is 0.573 e. The van der Waals surface area contributed by atoms with Gasteiger partial charge < -0.3 is 19.6 Å². The predicted molar refractivity (Wildman–Crippen MR) is 108 cm³/mol. The Morgan fingerprint density at radius 2 is 1.85 bits per heavy atom. The van der Waals surface area contributed by atoms with Crippen LogP contribution in [0.25, 0.3) is 0 Å². The Kier molecular flexibility index (Phi) is 4.49. The summed E-state index contributed by atoms with van der Waals surface area (Å²) in [6.45, 7) is 2.14. The number of amides is 2. The SMILES string of the molecule is O=C(N1CC(c2ccc(OC(F)(F)F)c(F)c2)C1)N1CC2(CC(c3nc(C4(O)CC4)n[nH]3)C2)C1. The Hall–Kier alpha value is -2.89. The summed E-state index contributed by atoms with van der Waals surface area (Å²) in [4.78, 5) is 20.7. The van der Waals surface area contributed by atoms with E-state index in [0.717, 1.165) is 30.8 Å². The maximum Gasteiger partial charge on any atom is 0.573 e. The molecule has 2 amide bonds. The molecule has 0 bridgehead atoms. The molecule has 1 aromatic carbocycles. The van der Waals surface area contributed by atoms with Gasteiger partial charge in [0.1, 0.15) is 11.4 Å². The highest BCUT2D eigenvalue weighted by Crippen LogP contribution is 2.56. The number of hydrogen-bond donors (Lipinski definition) is 2. The van der Waals surface area contributed by atoms with E-state index in [9.17, 15) is 27.5 Å². The average molecular weight is 481 g/mol. The van der Waals surface area contributed by atoms with Crippen molar-refractivity contribution in [2.45, 2.75) is 49.5 Å². The summed E-state index contributed by atoms with van der Waals surface area (Å²) in [6.07, 6.45) is -1.73. The number of nitrogens with zero attached hydrogens (tertiary/aromatic N) is 4. The van der Waals surface area contributed by atoms with Crippen molar-refractivity contribution in [3.63, 3.8) is 0 Å². The van der Waals surface area contributed by atoms with E-state index in [2.05, 4.69) is 19.9 Å². The predicted octanol–water partition coefficient (Wildman–Crippen LogP) is 3.22. The summed E-state index contributed by atoms with van der Waals surface area (Å²) in [6, 6.07) is 3.34. The zero-order valence-corrected chi connectivity index (χ0v) is 18.1. The lowest BCUT2D eigenvalue weighted by Gasteiger charge is -2.59. The summed E-state index contributed by atoms with van der Waals surface area (Å²) < 4.78 is 54.5. The number of alkyl halides is 3. The summed E-state index contributed by atoms with van der Waals surface area (Å²) in [5, 5.41) is 17.2. The van der Waals surface area contributed by atoms with Gasteiger partial charge in [-0.3, -0.25) is 5.10 Å². The van der Waals surface area contributed by atoms with Crippen molar-refractivity contribution in [3.05, 3.63) is 41.2 Å². The van der Waals surface area contributed by atoms with Crippen molar-refractivity contribution < 1.29 is 32.2 Å². The molecule has 4 fully saturated rings. The van der Waals surface area contributed by atoms with E-state index in [4.69, 9.17) is 0 Å². The van der Waals surface area contributed by atoms with Crippen molar-refractivity contribution in [3.8, 4) is 5.75 Å². The molecule has 4 aliphatic rings. The van der Waals surface area contributed by atoms with Crippen LogP contribution in [0.1, 0.15) is 54.7 Å². The van der Waals surface area contributed by atoms with Gasteiger partial charge in [-0.25, -0.2) is 14.2 Å². The Morgan fingerprint density at radius 3 is 2.47 bits per heavy atom. The summed E-state index contributed by atoms with van der Waals surface area (Å²) >= 11 is 0. The number of carbonyl (C=O) groups is 1. The van der Waals surface area contributed by atoms with Crippen LogP contribution in [0, 0.1) is 11.2 Å². The van der Waals surface area contributed by atoms with Crippen LogP contribution >= 0.6 is 0 Å². The van der Waals surface area contributed by atoms with Gasteiger partial charge in [0.15, 0.2) is 17.4 Å². The molecule has 0 unspecified atom stereocenters. The minimum Gasteiger partial charge on any atom is -0.403 e. The smallest absolute Gasteiger partial charge is 0.403 e. The van der Waals surface area contributed by atoms with E-state index in [-0.39, 0.29) is 23.3 Å². The molecule has 2 saturated heterocycles. The maximum absolute atomic E-state index is 14.0. The third kappa shape index (κ3) is 3.68. The van der Waals surface area contributed by atoms with E-state index < -0.39 is 23.5 Å². The van der Waals surface area contributed by atoms with Gasteiger partial charge in [-0.2, -0.15) is 5.10 Å². The second-order valence-electron chi connectivity index (χ2n) is 10.2. The fraction of sp³-hybridized carbons (Fsp3) is 0.591. The lowest BCUT2D eigenvalue weighted by atomic mass is 9.57. The van der Waals surface area contributed by atoms with E-state index in [0.29, 0.717) is 50.4 Å². The number of aliphatic hydroxyl groups is 1. The third-order valence-corrected chi connectivity index (χ3v) is 7.52. The number of aromatic amines is 1. The van der Waals surface area contributed by atoms with Crippen molar-refractivity contribution in [2.24, 2.45) is 5.41 Å². The van der Waals surface area contributed by atoms with Crippen molar-refractivity contribution in [2.75, 3.05) is 26.2 Å². The number of nitrogens with one attached hydrogen (secondary N) is 1. The van der Waals surface area contributed by atoms with Crippen LogP contribution in [-0.2, 0) is 5.60 Å². The molecule has 2 aliphatic heterocycles. The third-order valence-electron chi connectivity index (χ3n) is 7.52. The number of hydrogen-bond acceptors (Lipinski definition) is 5. The highest BCUT2D eigenvalue weighted by molar-refractivity contribution is 5.77. The van der Waals surface area contributed by atoms with Crippen LogP contribution in [0.5, 0.6) is 5.75 Å². The number of ether oxygens (including phenoxy) is 1. The first kappa shape index (κ1) is 21.6. The maximum atomic E-state index is 14.0. The van der Waals surface area contributed by atoms with Crippen molar-refractivity contribution in [1.29, 1.82) is 0 Å². The topological polar surface area (TPSA) is 94.6 Å². The number of rotatable bonds is 4. The molecule has 1 spiro atoms. The van der Waals surface area contributed by atoms with Gasteiger partial charge in [0.25, 0.3) is 0 Å².